The number of likely N-dealkylation sites (N-methyl/N-ethyl adjacent to an activating group) is 1. The average molecular weight is 321 g/mol. The van der Waals surface area contributed by atoms with Gasteiger partial charge in [-0.3, -0.25) is 9.78 Å². The number of hydrogen-bond donors (Lipinski definition) is 0. The summed E-state index contributed by atoms with van der Waals surface area (Å²) in [5.74, 6) is 0.124. The molecule has 2 fully saturated rings. The molecule has 24 heavy (non-hydrogen) atoms. The van der Waals surface area contributed by atoms with Crippen LogP contribution < -0.4 is 0 Å². The number of likely N-dealkylation sites (tertiary alicyclic amines) is 2. The summed E-state index contributed by atoms with van der Waals surface area (Å²) < 4.78 is 0. The van der Waals surface area contributed by atoms with Gasteiger partial charge in [0.25, 0.3) is 5.91 Å². The Morgan fingerprint density at radius 2 is 1.79 bits per heavy atom. The number of amides is 1. The minimum absolute atomic E-state index is 0.124. The number of carbonyl (C=O) groups is 1. The van der Waals surface area contributed by atoms with E-state index >= 15 is 0 Å². The molecule has 4 nitrogen and oxygen atoms in total. The van der Waals surface area contributed by atoms with Crippen LogP contribution in [0.1, 0.15) is 28.8 Å². The van der Waals surface area contributed by atoms with Crippen LogP contribution in [0.2, 0.25) is 0 Å². The molecule has 0 unspecified atom stereocenters. The van der Waals surface area contributed by atoms with E-state index in [1.807, 2.05) is 4.90 Å². The molecule has 0 bridgehead atoms. The molecule has 1 aromatic heterocycles. The Kier molecular flexibility index (Phi) is 3.85. The maximum atomic E-state index is 12.8. The van der Waals surface area contributed by atoms with Gasteiger partial charge in [0.15, 0.2) is 0 Å². The molecule has 0 radical (unpaired) electrons. The number of benzene rings is 1. The monoisotopic (exact) mass is 321 g/mol. The third kappa shape index (κ3) is 2.42. The van der Waals surface area contributed by atoms with Crippen molar-refractivity contribution in [3.8, 4) is 0 Å². The Labute approximate surface area is 143 Å². The second-order valence-electron chi connectivity index (χ2n) is 7.01. The fraction of sp³-hybridized carbons (Fsp3) is 0.400. The summed E-state index contributed by atoms with van der Waals surface area (Å²) in [7, 11) is 2.19. The highest BCUT2D eigenvalue weighted by Crippen LogP contribution is 2.45. The molecule has 4 heteroatoms. The van der Waals surface area contributed by atoms with Gasteiger partial charge in [-0.1, -0.05) is 30.3 Å². The third-order valence-electron chi connectivity index (χ3n) is 5.86. The van der Waals surface area contributed by atoms with E-state index in [-0.39, 0.29) is 11.3 Å². The SMILES string of the molecule is CN1CC[C@@]2(c3ccccc3)CCN(C(=O)c3ccncc3)C[C@@H]12. The molecular weight excluding hydrogens is 298 g/mol. The van der Waals surface area contributed by atoms with Crippen LogP contribution >= 0.6 is 0 Å². The van der Waals surface area contributed by atoms with Gasteiger partial charge in [-0.05, 0) is 44.1 Å². The van der Waals surface area contributed by atoms with Gasteiger partial charge in [0.2, 0.25) is 0 Å². The molecule has 2 aliphatic rings. The van der Waals surface area contributed by atoms with E-state index in [9.17, 15) is 4.79 Å². The Hall–Kier alpha value is -2.20. The summed E-state index contributed by atoms with van der Waals surface area (Å²) in [6, 6.07) is 14.9. The number of piperidine rings is 1. The first-order valence-electron chi connectivity index (χ1n) is 8.66. The van der Waals surface area contributed by atoms with Crippen LogP contribution in [0.25, 0.3) is 0 Å². The summed E-state index contributed by atoms with van der Waals surface area (Å²) in [4.78, 5) is 21.3. The molecule has 2 saturated heterocycles. The predicted molar refractivity (Wildman–Crippen MR) is 93.9 cm³/mol. The van der Waals surface area contributed by atoms with Crippen LogP contribution in [-0.4, -0.2) is 53.4 Å². The molecular formula is C20H23N3O. The van der Waals surface area contributed by atoms with E-state index in [1.54, 1.807) is 24.5 Å². The number of hydrogen-bond acceptors (Lipinski definition) is 3. The second kappa shape index (κ2) is 6.02. The summed E-state index contributed by atoms with van der Waals surface area (Å²) in [5, 5.41) is 0. The Bertz CT molecular complexity index is 718. The lowest BCUT2D eigenvalue weighted by atomic mass is 9.69. The number of fused-ring (bicyclic) bond motifs is 1. The summed E-state index contributed by atoms with van der Waals surface area (Å²) in [5.41, 5.74) is 2.35. The zero-order valence-corrected chi connectivity index (χ0v) is 14.1. The first-order valence-corrected chi connectivity index (χ1v) is 8.66. The number of pyridine rings is 1. The zero-order chi connectivity index (χ0) is 16.6. The van der Waals surface area contributed by atoms with Crippen molar-refractivity contribution in [2.45, 2.75) is 24.3 Å². The Balaban J connectivity index is 1.61. The largest absolute Gasteiger partial charge is 0.337 e. The van der Waals surface area contributed by atoms with Crippen molar-refractivity contribution >= 4 is 5.91 Å². The highest BCUT2D eigenvalue weighted by Gasteiger charge is 2.50. The molecule has 0 saturated carbocycles. The quantitative estimate of drug-likeness (QED) is 0.853. The molecule has 2 aliphatic heterocycles. The van der Waals surface area contributed by atoms with Gasteiger partial charge < -0.3 is 9.80 Å². The minimum atomic E-state index is 0.124. The fourth-order valence-electron chi connectivity index (χ4n) is 4.47. The molecule has 0 N–H and O–H groups in total. The first kappa shape index (κ1) is 15.3. The maximum absolute atomic E-state index is 12.8. The van der Waals surface area contributed by atoms with Crippen molar-refractivity contribution in [2.75, 3.05) is 26.7 Å². The van der Waals surface area contributed by atoms with Crippen molar-refractivity contribution in [1.29, 1.82) is 0 Å². The van der Waals surface area contributed by atoms with Crippen LogP contribution in [0, 0.1) is 0 Å². The van der Waals surface area contributed by atoms with Crippen LogP contribution in [0.15, 0.2) is 54.9 Å². The van der Waals surface area contributed by atoms with Crippen LogP contribution in [0.4, 0.5) is 0 Å². The average Bonchev–Trinajstić information content (AvgIpc) is 3.00. The first-order chi connectivity index (χ1) is 11.7. The topological polar surface area (TPSA) is 36.4 Å². The molecule has 3 heterocycles. The second-order valence-corrected chi connectivity index (χ2v) is 7.01. The number of aromatic nitrogens is 1. The highest BCUT2D eigenvalue weighted by atomic mass is 16.2. The molecule has 2 atom stereocenters. The van der Waals surface area contributed by atoms with Gasteiger partial charge in [-0.2, -0.15) is 0 Å². The van der Waals surface area contributed by atoms with E-state index < -0.39 is 0 Å². The Morgan fingerprint density at radius 3 is 2.54 bits per heavy atom. The summed E-state index contributed by atoms with van der Waals surface area (Å²) in [6.07, 6.45) is 5.58. The van der Waals surface area contributed by atoms with Crippen LogP contribution in [0.3, 0.4) is 0 Å². The van der Waals surface area contributed by atoms with E-state index in [4.69, 9.17) is 0 Å². The minimum Gasteiger partial charge on any atom is -0.337 e. The van der Waals surface area contributed by atoms with E-state index in [0.717, 1.165) is 31.6 Å². The summed E-state index contributed by atoms with van der Waals surface area (Å²) >= 11 is 0. The van der Waals surface area contributed by atoms with Crippen LogP contribution in [-0.2, 0) is 5.41 Å². The molecule has 0 spiro atoms. The van der Waals surface area contributed by atoms with Crippen molar-refractivity contribution in [3.05, 3.63) is 66.0 Å². The standard InChI is InChI=1S/C20H23N3O/c1-22-13-9-20(17-5-3-2-4-6-17)10-14-23(15-18(20)22)19(24)16-7-11-21-12-8-16/h2-8,11-12,18H,9-10,13-15H2,1H3/t18-,20+/m1/s1. The number of carbonyl (C=O) groups excluding carboxylic acids is 1. The van der Waals surface area contributed by atoms with E-state index in [2.05, 4.69) is 47.3 Å². The molecule has 1 amide bonds. The highest BCUT2D eigenvalue weighted by molar-refractivity contribution is 5.94. The predicted octanol–water partition coefficient (Wildman–Crippen LogP) is 2.57. The van der Waals surface area contributed by atoms with Gasteiger partial charge >= 0.3 is 0 Å². The van der Waals surface area contributed by atoms with Crippen molar-refractivity contribution < 1.29 is 4.79 Å². The normalized spacial score (nSPS) is 27.0. The van der Waals surface area contributed by atoms with Gasteiger partial charge in [-0.15, -0.1) is 0 Å². The Morgan fingerprint density at radius 1 is 1.08 bits per heavy atom. The van der Waals surface area contributed by atoms with Crippen LogP contribution in [0.5, 0.6) is 0 Å². The number of rotatable bonds is 2. The number of nitrogens with zero attached hydrogens (tertiary/aromatic N) is 3. The van der Waals surface area contributed by atoms with Gasteiger partial charge in [0.05, 0.1) is 0 Å². The zero-order valence-electron chi connectivity index (χ0n) is 14.1. The molecule has 1 aromatic carbocycles. The van der Waals surface area contributed by atoms with E-state index in [0.29, 0.717) is 6.04 Å². The lowest BCUT2D eigenvalue weighted by molar-refractivity contribution is 0.0553. The fourth-order valence-corrected chi connectivity index (χ4v) is 4.47. The molecule has 0 aliphatic carbocycles. The van der Waals surface area contributed by atoms with E-state index in [1.165, 1.54) is 12.0 Å². The maximum Gasteiger partial charge on any atom is 0.254 e. The van der Waals surface area contributed by atoms with Gasteiger partial charge in [-0.25, -0.2) is 0 Å². The smallest absolute Gasteiger partial charge is 0.254 e. The molecule has 4 rings (SSSR count). The molecule has 2 aromatic rings. The summed E-state index contributed by atoms with van der Waals surface area (Å²) in [6.45, 7) is 2.71. The lowest BCUT2D eigenvalue weighted by Crippen LogP contribution is -2.56. The lowest BCUT2D eigenvalue weighted by Gasteiger charge is -2.46. The van der Waals surface area contributed by atoms with Gasteiger partial charge in [0, 0.05) is 42.5 Å². The third-order valence-corrected chi connectivity index (χ3v) is 5.86. The van der Waals surface area contributed by atoms with Crippen molar-refractivity contribution in [2.24, 2.45) is 0 Å². The molecule has 124 valence electrons. The van der Waals surface area contributed by atoms with Crippen molar-refractivity contribution in [3.63, 3.8) is 0 Å². The van der Waals surface area contributed by atoms with Gasteiger partial charge in [0.1, 0.15) is 0 Å². The van der Waals surface area contributed by atoms with Crippen molar-refractivity contribution in [1.82, 2.24) is 14.8 Å².